The maximum Gasteiger partial charge on any atom is 0.410 e. The number of carbonyl (C=O) groups excluding carboxylic acids is 2. The highest BCUT2D eigenvalue weighted by atomic mass is 16.6. The summed E-state index contributed by atoms with van der Waals surface area (Å²) in [7, 11) is 1.38. The molecule has 126 valence electrons. The van der Waals surface area contributed by atoms with Crippen LogP contribution in [0.15, 0.2) is 30.3 Å². The van der Waals surface area contributed by atoms with Crippen LogP contribution in [0.2, 0.25) is 0 Å². The molecular formula is C18H25NO4. The van der Waals surface area contributed by atoms with Crippen LogP contribution >= 0.6 is 0 Å². The number of amides is 1. The fraction of sp³-hybridized carbons (Fsp3) is 0.556. The highest BCUT2D eigenvalue weighted by Gasteiger charge is 2.41. The van der Waals surface area contributed by atoms with Crippen LogP contribution in [0, 0.1) is 0 Å². The molecule has 1 aliphatic rings. The maximum atomic E-state index is 12.5. The summed E-state index contributed by atoms with van der Waals surface area (Å²) in [5.74, 6) is -0.812. The van der Waals surface area contributed by atoms with Gasteiger partial charge in [0.2, 0.25) is 0 Å². The number of nitrogens with zero attached hydrogens (tertiary/aromatic N) is 1. The van der Waals surface area contributed by atoms with E-state index in [1.54, 1.807) is 4.90 Å². The number of methoxy groups -OCH3 is 1. The first-order valence-electron chi connectivity index (χ1n) is 7.96. The van der Waals surface area contributed by atoms with Gasteiger partial charge in [-0.3, -0.25) is 4.79 Å². The molecule has 1 amide bonds. The van der Waals surface area contributed by atoms with E-state index < -0.39 is 11.5 Å². The van der Waals surface area contributed by atoms with Crippen LogP contribution in [-0.4, -0.2) is 42.3 Å². The van der Waals surface area contributed by atoms with Crippen molar-refractivity contribution in [3.63, 3.8) is 0 Å². The second-order valence-electron chi connectivity index (χ2n) is 6.79. The van der Waals surface area contributed by atoms with Crippen LogP contribution in [0.5, 0.6) is 0 Å². The highest BCUT2D eigenvalue weighted by molar-refractivity contribution is 5.80. The molecule has 0 aliphatic carbocycles. The molecule has 1 aromatic rings. The average molecular weight is 319 g/mol. The van der Waals surface area contributed by atoms with Crippen molar-refractivity contribution in [1.29, 1.82) is 0 Å². The lowest BCUT2D eigenvalue weighted by Crippen LogP contribution is -2.44. The Morgan fingerprint density at radius 1 is 1.22 bits per heavy atom. The van der Waals surface area contributed by atoms with E-state index in [0.717, 1.165) is 18.4 Å². The van der Waals surface area contributed by atoms with E-state index >= 15 is 0 Å². The lowest BCUT2D eigenvalue weighted by atomic mass is 9.90. The van der Waals surface area contributed by atoms with E-state index in [1.807, 2.05) is 51.1 Å². The van der Waals surface area contributed by atoms with Crippen molar-refractivity contribution in [2.24, 2.45) is 0 Å². The summed E-state index contributed by atoms with van der Waals surface area (Å²) < 4.78 is 10.5. The molecule has 1 aliphatic heterocycles. The Kier molecular flexibility index (Phi) is 5.29. The van der Waals surface area contributed by atoms with Crippen LogP contribution in [-0.2, 0) is 14.3 Å². The van der Waals surface area contributed by atoms with Crippen LogP contribution in [0.25, 0.3) is 0 Å². The molecule has 0 aromatic heterocycles. The van der Waals surface area contributed by atoms with Crippen molar-refractivity contribution >= 4 is 12.1 Å². The summed E-state index contributed by atoms with van der Waals surface area (Å²) in [6.07, 6.45) is 1.24. The largest absolute Gasteiger partial charge is 0.468 e. The Morgan fingerprint density at radius 3 is 2.43 bits per heavy atom. The number of benzene rings is 1. The van der Waals surface area contributed by atoms with Gasteiger partial charge in [0.25, 0.3) is 0 Å². The van der Waals surface area contributed by atoms with Gasteiger partial charge in [0.05, 0.1) is 13.2 Å². The van der Waals surface area contributed by atoms with E-state index in [9.17, 15) is 9.59 Å². The second-order valence-corrected chi connectivity index (χ2v) is 6.79. The fourth-order valence-electron chi connectivity index (χ4n) is 2.99. The van der Waals surface area contributed by atoms with Crippen molar-refractivity contribution in [1.82, 2.24) is 4.90 Å². The monoisotopic (exact) mass is 319 g/mol. The highest BCUT2D eigenvalue weighted by Crippen LogP contribution is 2.33. The molecule has 0 spiro atoms. The summed E-state index contributed by atoms with van der Waals surface area (Å²) >= 11 is 0. The van der Waals surface area contributed by atoms with Crippen molar-refractivity contribution in [3.05, 3.63) is 35.9 Å². The zero-order chi connectivity index (χ0) is 17.0. The van der Waals surface area contributed by atoms with Gasteiger partial charge in [-0.25, -0.2) is 4.79 Å². The molecule has 1 aromatic carbocycles. The Morgan fingerprint density at radius 2 is 1.87 bits per heavy atom. The van der Waals surface area contributed by atoms with Gasteiger partial charge < -0.3 is 14.4 Å². The summed E-state index contributed by atoms with van der Waals surface area (Å²) in [4.78, 5) is 26.5. The van der Waals surface area contributed by atoms with Crippen LogP contribution < -0.4 is 0 Å². The summed E-state index contributed by atoms with van der Waals surface area (Å²) in [5.41, 5.74) is 0.303. The Hall–Kier alpha value is -2.04. The van der Waals surface area contributed by atoms with E-state index in [-0.39, 0.29) is 18.1 Å². The molecule has 5 nitrogen and oxygen atoms in total. The minimum atomic E-state index is -0.558. The number of esters is 1. The summed E-state index contributed by atoms with van der Waals surface area (Å²) in [5, 5.41) is 0. The zero-order valence-electron chi connectivity index (χ0n) is 14.2. The maximum absolute atomic E-state index is 12.5. The van der Waals surface area contributed by atoms with Crippen molar-refractivity contribution in [3.8, 4) is 0 Å². The third kappa shape index (κ3) is 4.24. The third-order valence-electron chi connectivity index (χ3n) is 3.93. The molecular weight excluding hydrogens is 294 g/mol. The summed E-state index contributed by atoms with van der Waals surface area (Å²) in [6, 6.07) is 9.23. The molecule has 0 N–H and O–H groups in total. The van der Waals surface area contributed by atoms with Gasteiger partial charge in [0.15, 0.2) is 0 Å². The topological polar surface area (TPSA) is 55.8 Å². The molecule has 1 fully saturated rings. The lowest BCUT2D eigenvalue weighted by Gasteiger charge is -2.32. The molecule has 1 saturated heterocycles. The van der Waals surface area contributed by atoms with Gasteiger partial charge in [-0.1, -0.05) is 30.3 Å². The number of hydrogen-bond acceptors (Lipinski definition) is 4. The Labute approximate surface area is 137 Å². The van der Waals surface area contributed by atoms with Gasteiger partial charge in [-0.05, 0) is 39.2 Å². The zero-order valence-corrected chi connectivity index (χ0v) is 14.2. The van der Waals surface area contributed by atoms with E-state index in [2.05, 4.69) is 0 Å². The van der Waals surface area contributed by atoms with E-state index in [0.29, 0.717) is 6.54 Å². The lowest BCUT2D eigenvalue weighted by molar-refractivity contribution is -0.143. The minimum absolute atomic E-state index is 0.236. The summed E-state index contributed by atoms with van der Waals surface area (Å²) in [6.45, 7) is 6.11. The average Bonchev–Trinajstić information content (AvgIpc) is 2.96. The van der Waals surface area contributed by atoms with E-state index in [4.69, 9.17) is 9.47 Å². The Bertz CT molecular complexity index is 550. The number of hydrogen-bond donors (Lipinski definition) is 0. The molecule has 0 saturated carbocycles. The van der Waals surface area contributed by atoms with Crippen LogP contribution in [0.3, 0.4) is 0 Å². The third-order valence-corrected chi connectivity index (χ3v) is 3.93. The van der Waals surface area contributed by atoms with Gasteiger partial charge in [0, 0.05) is 6.54 Å². The van der Waals surface area contributed by atoms with Gasteiger partial charge in [-0.15, -0.1) is 0 Å². The molecule has 0 unspecified atom stereocenters. The molecule has 5 heteroatoms. The molecule has 23 heavy (non-hydrogen) atoms. The predicted molar refractivity (Wildman–Crippen MR) is 87.2 cm³/mol. The molecule has 0 bridgehead atoms. The standard InChI is InChI=1S/C18H25NO4/c1-18(2,3)23-17(21)19-12-8-11-14(19)15(16(20)22-4)13-9-6-5-7-10-13/h5-7,9-10,14-15H,8,11-12H2,1-4H3/t14-,15+/m1/s1. The fourth-order valence-corrected chi connectivity index (χ4v) is 2.99. The van der Waals surface area contributed by atoms with Gasteiger partial charge in [0.1, 0.15) is 11.5 Å². The minimum Gasteiger partial charge on any atom is -0.468 e. The number of likely N-dealkylation sites (tertiary alicyclic amines) is 1. The van der Waals surface area contributed by atoms with E-state index in [1.165, 1.54) is 7.11 Å². The first kappa shape index (κ1) is 17.3. The first-order chi connectivity index (χ1) is 10.8. The van der Waals surface area contributed by atoms with Crippen molar-refractivity contribution < 1.29 is 19.1 Å². The Balaban J connectivity index is 2.27. The predicted octanol–water partition coefficient (Wildman–Crippen LogP) is 3.34. The first-order valence-corrected chi connectivity index (χ1v) is 7.96. The van der Waals surface area contributed by atoms with Crippen LogP contribution in [0.1, 0.15) is 45.1 Å². The number of rotatable bonds is 3. The normalized spacial score (nSPS) is 19.3. The molecule has 0 radical (unpaired) electrons. The molecule has 2 rings (SSSR count). The SMILES string of the molecule is COC(=O)[C@@H](c1ccccc1)[C@H]1CCCN1C(=O)OC(C)(C)C. The number of carbonyl (C=O) groups is 2. The molecule has 1 heterocycles. The van der Waals surface area contributed by atoms with Gasteiger partial charge in [-0.2, -0.15) is 0 Å². The van der Waals surface area contributed by atoms with Crippen molar-refractivity contribution in [2.45, 2.75) is 51.2 Å². The van der Waals surface area contributed by atoms with Crippen LogP contribution in [0.4, 0.5) is 4.79 Å². The molecule has 2 atom stereocenters. The number of ether oxygens (including phenoxy) is 2. The smallest absolute Gasteiger partial charge is 0.410 e. The quantitative estimate of drug-likeness (QED) is 0.802. The van der Waals surface area contributed by atoms with Crippen molar-refractivity contribution in [2.75, 3.05) is 13.7 Å². The van der Waals surface area contributed by atoms with Gasteiger partial charge >= 0.3 is 12.1 Å². The second kappa shape index (κ2) is 7.02.